The van der Waals surface area contributed by atoms with Crippen molar-refractivity contribution >= 4 is 5.91 Å². The van der Waals surface area contributed by atoms with Gasteiger partial charge in [0.25, 0.3) is 0 Å². The fourth-order valence-electron chi connectivity index (χ4n) is 2.96. The Morgan fingerprint density at radius 1 is 1.12 bits per heavy atom. The minimum Gasteiger partial charge on any atom is -0.497 e. The van der Waals surface area contributed by atoms with Gasteiger partial charge in [0.15, 0.2) is 0 Å². The summed E-state index contributed by atoms with van der Waals surface area (Å²) in [5, 5.41) is 3.02. The van der Waals surface area contributed by atoms with E-state index in [0.717, 1.165) is 22.6 Å². The molecule has 3 N–H and O–H groups in total. The predicted octanol–water partition coefficient (Wildman–Crippen LogP) is 1.79. The molecule has 6 heteroatoms. The summed E-state index contributed by atoms with van der Waals surface area (Å²) in [5.74, 6) is 1.41. The first kappa shape index (κ1) is 17.3. The molecule has 2 aromatic carbocycles. The van der Waals surface area contributed by atoms with Gasteiger partial charge in [0, 0.05) is 13.1 Å². The fourth-order valence-corrected chi connectivity index (χ4v) is 2.96. The van der Waals surface area contributed by atoms with Crippen molar-refractivity contribution < 1.29 is 14.3 Å². The molecule has 25 heavy (non-hydrogen) atoms. The topological polar surface area (TPSA) is 71.6 Å². The largest absolute Gasteiger partial charge is 0.497 e. The highest BCUT2D eigenvalue weighted by Crippen LogP contribution is 2.27. The van der Waals surface area contributed by atoms with E-state index in [2.05, 4.69) is 16.2 Å². The Morgan fingerprint density at radius 2 is 1.88 bits per heavy atom. The molecule has 1 aliphatic rings. The number of ether oxygens (including phenoxy) is 2. The lowest BCUT2D eigenvalue weighted by atomic mass is 9.94. The summed E-state index contributed by atoms with van der Waals surface area (Å²) in [6.07, 6.45) is 0. The van der Waals surface area contributed by atoms with Crippen LogP contribution in [0, 0.1) is 5.92 Å². The monoisotopic (exact) mass is 341 g/mol. The summed E-state index contributed by atoms with van der Waals surface area (Å²) in [6.45, 7) is 1.07. The summed E-state index contributed by atoms with van der Waals surface area (Å²) < 4.78 is 10.4. The molecule has 1 saturated heterocycles. The molecule has 0 saturated carbocycles. The summed E-state index contributed by atoms with van der Waals surface area (Å²) >= 11 is 0. The van der Waals surface area contributed by atoms with Crippen LogP contribution in [-0.4, -0.2) is 26.7 Å². The van der Waals surface area contributed by atoms with Crippen molar-refractivity contribution in [1.29, 1.82) is 0 Å². The Morgan fingerprint density at radius 3 is 2.60 bits per heavy atom. The van der Waals surface area contributed by atoms with Gasteiger partial charge in [0.05, 0.1) is 26.2 Å². The minimum atomic E-state index is -0.189. The van der Waals surface area contributed by atoms with E-state index in [1.165, 1.54) is 0 Å². The minimum absolute atomic E-state index is 0.0149. The second-order valence-corrected chi connectivity index (χ2v) is 5.95. The number of benzene rings is 2. The van der Waals surface area contributed by atoms with E-state index in [9.17, 15) is 4.79 Å². The first-order valence-electron chi connectivity index (χ1n) is 8.24. The SMILES string of the molecule is COc1ccc(CNC(=O)C2CNNC2c2cccc(OC)c2)cc1. The Labute approximate surface area is 147 Å². The molecular formula is C19H23N3O3. The number of methoxy groups -OCH3 is 2. The molecule has 2 unspecified atom stereocenters. The zero-order chi connectivity index (χ0) is 17.6. The molecule has 1 amide bonds. The van der Waals surface area contributed by atoms with Crippen LogP contribution in [0.25, 0.3) is 0 Å². The van der Waals surface area contributed by atoms with Gasteiger partial charge in [0.1, 0.15) is 11.5 Å². The number of hydrogen-bond acceptors (Lipinski definition) is 5. The Hall–Kier alpha value is -2.57. The third kappa shape index (κ3) is 4.10. The zero-order valence-corrected chi connectivity index (χ0v) is 14.4. The first-order valence-corrected chi connectivity index (χ1v) is 8.24. The summed E-state index contributed by atoms with van der Waals surface area (Å²) in [7, 11) is 3.27. The fraction of sp³-hybridized carbons (Fsp3) is 0.316. The van der Waals surface area contributed by atoms with Gasteiger partial charge in [-0.3, -0.25) is 10.2 Å². The molecule has 2 atom stereocenters. The molecule has 0 radical (unpaired) electrons. The van der Waals surface area contributed by atoms with E-state index in [4.69, 9.17) is 9.47 Å². The Balaban J connectivity index is 1.63. The molecule has 0 aromatic heterocycles. The van der Waals surface area contributed by atoms with Gasteiger partial charge in [-0.05, 0) is 35.4 Å². The van der Waals surface area contributed by atoms with Crippen LogP contribution in [0.5, 0.6) is 11.5 Å². The molecule has 1 aliphatic heterocycles. The van der Waals surface area contributed by atoms with Gasteiger partial charge in [-0.2, -0.15) is 0 Å². The number of amides is 1. The highest BCUT2D eigenvalue weighted by Gasteiger charge is 2.33. The molecule has 1 fully saturated rings. The molecule has 2 aromatic rings. The van der Waals surface area contributed by atoms with Crippen molar-refractivity contribution in [3.63, 3.8) is 0 Å². The van der Waals surface area contributed by atoms with Crippen LogP contribution in [-0.2, 0) is 11.3 Å². The maximum absolute atomic E-state index is 12.6. The van der Waals surface area contributed by atoms with Crippen molar-refractivity contribution in [3.05, 3.63) is 59.7 Å². The quantitative estimate of drug-likeness (QED) is 0.747. The van der Waals surface area contributed by atoms with Crippen LogP contribution in [0.3, 0.4) is 0 Å². The van der Waals surface area contributed by atoms with Crippen molar-refractivity contribution in [2.45, 2.75) is 12.6 Å². The van der Waals surface area contributed by atoms with Gasteiger partial charge in [-0.15, -0.1) is 0 Å². The van der Waals surface area contributed by atoms with Crippen molar-refractivity contribution in [2.24, 2.45) is 5.92 Å². The third-order valence-corrected chi connectivity index (χ3v) is 4.40. The van der Waals surface area contributed by atoms with Crippen LogP contribution in [0.1, 0.15) is 17.2 Å². The maximum Gasteiger partial charge on any atom is 0.226 e. The number of rotatable bonds is 6. The molecule has 0 aliphatic carbocycles. The standard InChI is InChI=1S/C19H23N3O3/c1-24-15-8-6-13(7-9-15)11-20-19(23)17-12-21-22-18(17)14-4-3-5-16(10-14)25-2/h3-10,17-18,21-22H,11-12H2,1-2H3,(H,20,23). The highest BCUT2D eigenvalue weighted by atomic mass is 16.5. The lowest BCUT2D eigenvalue weighted by Gasteiger charge is -2.19. The Bertz CT molecular complexity index is 718. The maximum atomic E-state index is 12.6. The highest BCUT2D eigenvalue weighted by molar-refractivity contribution is 5.80. The number of carbonyl (C=O) groups excluding carboxylic acids is 1. The molecule has 0 bridgehead atoms. The van der Waals surface area contributed by atoms with Gasteiger partial charge >= 0.3 is 0 Å². The van der Waals surface area contributed by atoms with Crippen LogP contribution in [0.4, 0.5) is 0 Å². The van der Waals surface area contributed by atoms with E-state index < -0.39 is 0 Å². The molecular weight excluding hydrogens is 318 g/mol. The van der Waals surface area contributed by atoms with Crippen LogP contribution in [0.2, 0.25) is 0 Å². The zero-order valence-electron chi connectivity index (χ0n) is 14.4. The van der Waals surface area contributed by atoms with Crippen LogP contribution >= 0.6 is 0 Å². The number of carbonyl (C=O) groups is 1. The Kier molecular flexibility index (Phi) is 5.53. The lowest BCUT2D eigenvalue weighted by molar-refractivity contribution is -0.125. The number of nitrogens with one attached hydrogen (secondary N) is 3. The lowest BCUT2D eigenvalue weighted by Crippen LogP contribution is -2.34. The van der Waals surface area contributed by atoms with Crippen molar-refractivity contribution in [1.82, 2.24) is 16.2 Å². The molecule has 1 heterocycles. The molecule has 132 valence electrons. The summed E-state index contributed by atoms with van der Waals surface area (Å²) in [4.78, 5) is 12.6. The predicted molar refractivity (Wildman–Crippen MR) is 95.2 cm³/mol. The molecule has 6 nitrogen and oxygen atoms in total. The third-order valence-electron chi connectivity index (χ3n) is 4.40. The number of hydrazine groups is 1. The average molecular weight is 341 g/mol. The average Bonchev–Trinajstić information content (AvgIpc) is 3.16. The normalized spacial score (nSPS) is 19.4. The summed E-state index contributed by atoms with van der Waals surface area (Å²) in [6, 6.07) is 15.4. The smallest absolute Gasteiger partial charge is 0.226 e. The number of hydrogen-bond donors (Lipinski definition) is 3. The van der Waals surface area contributed by atoms with E-state index >= 15 is 0 Å². The van der Waals surface area contributed by atoms with E-state index in [-0.39, 0.29) is 17.9 Å². The summed E-state index contributed by atoms with van der Waals surface area (Å²) in [5.41, 5.74) is 8.33. The van der Waals surface area contributed by atoms with Crippen LogP contribution in [0.15, 0.2) is 48.5 Å². The van der Waals surface area contributed by atoms with E-state index in [1.54, 1.807) is 14.2 Å². The molecule has 0 spiro atoms. The second-order valence-electron chi connectivity index (χ2n) is 5.95. The van der Waals surface area contributed by atoms with Gasteiger partial charge < -0.3 is 14.8 Å². The van der Waals surface area contributed by atoms with E-state index in [0.29, 0.717) is 13.1 Å². The van der Waals surface area contributed by atoms with Crippen LogP contribution < -0.4 is 25.6 Å². The van der Waals surface area contributed by atoms with Crippen molar-refractivity contribution in [2.75, 3.05) is 20.8 Å². The molecule has 3 rings (SSSR count). The van der Waals surface area contributed by atoms with Crippen molar-refractivity contribution in [3.8, 4) is 11.5 Å². The van der Waals surface area contributed by atoms with E-state index in [1.807, 2.05) is 48.5 Å². The first-order chi connectivity index (χ1) is 12.2. The van der Waals surface area contributed by atoms with Gasteiger partial charge in [-0.1, -0.05) is 24.3 Å². The second kappa shape index (κ2) is 8.00. The van der Waals surface area contributed by atoms with Gasteiger partial charge in [0.2, 0.25) is 5.91 Å². The van der Waals surface area contributed by atoms with Gasteiger partial charge in [-0.25, -0.2) is 5.43 Å².